The van der Waals surface area contributed by atoms with E-state index in [-0.39, 0.29) is 0 Å². The second kappa shape index (κ2) is 4.91. The van der Waals surface area contributed by atoms with E-state index in [0.29, 0.717) is 5.57 Å². The highest BCUT2D eigenvalue weighted by atomic mass is 79.9. The van der Waals surface area contributed by atoms with Gasteiger partial charge in [0.15, 0.2) is 0 Å². The van der Waals surface area contributed by atoms with E-state index in [1.165, 1.54) is 11.3 Å². The van der Waals surface area contributed by atoms with E-state index in [0.717, 1.165) is 20.1 Å². The molecule has 80 valence electrons. The van der Waals surface area contributed by atoms with E-state index >= 15 is 0 Å². The van der Waals surface area contributed by atoms with Crippen LogP contribution in [0.25, 0.3) is 11.6 Å². The second-order valence-corrected chi connectivity index (χ2v) is 5.85. The molecule has 0 saturated heterocycles. The van der Waals surface area contributed by atoms with E-state index in [2.05, 4.69) is 27.0 Å². The zero-order valence-corrected chi connectivity index (χ0v) is 11.6. The molecule has 0 aliphatic rings. The summed E-state index contributed by atoms with van der Waals surface area (Å²) in [7, 11) is 0. The lowest BCUT2D eigenvalue weighted by Gasteiger charge is -1.90. The summed E-state index contributed by atoms with van der Waals surface area (Å²) in [6.45, 7) is 1.93. The summed E-state index contributed by atoms with van der Waals surface area (Å²) >= 11 is 6.49. The Bertz CT molecular complexity index is 575. The Kier molecular flexibility index (Phi) is 3.54. The molecule has 0 bridgehead atoms. The minimum absolute atomic E-state index is 0.618. The van der Waals surface area contributed by atoms with E-state index in [1.807, 2.05) is 29.8 Å². The fraction of sp³-hybridized carbons (Fsp3) is 0.0909. The number of rotatable bonds is 2. The number of hydrogen-bond donors (Lipinski definition) is 0. The zero-order chi connectivity index (χ0) is 11.5. The van der Waals surface area contributed by atoms with Gasteiger partial charge in [-0.25, -0.2) is 4.98 Å². The molecule has 0 radical (unpaired) electrons. The topological polar surface area (TPSA) is 36.7 Å². The predicted octanol–water partition coefficient (Wildman–Crippen LogP) is 4.34. The van der Waals surface area contributed by atoms with Crippen LogP contribution in [0.1, 0.15) is 15.6 Å². The maximum Gasteiger partial charge on any atom is 0.134 e. The van der Waals surface area contributed by atoms with E-state index in [4.69, 9.17) is 5.26 Å². The van der Waals surface area contributed by atoms with E-state index in [9.17, 15) is 0 Å². The Labute approximate surface area is 110 Å². The molecule has 0 spiro atoms. The Morgan fingerprint density at radius 1 is 1.50 bits per heavy atom. The molecule has 2 aromatic heterocycles. The summed E-state index contributed by atoms with van der Waals surface area (Å²) < 4.78 is 1.04. The van der Waals surface area contributed by atoms with Crippen LogP contribution in [0.5, 0.6) is 0 Å². The number of hydrogen-bond acceptors (Lipinski definition) is 4. The van der Waals surface area contributed by atoms with Gasteiger partial charge in [0.25, 0.3) is 0 Å². The summed E-state index contributed by atoms with van der Waals surface area (Å²) in [4.78, 5) is 5.36. The van der Waals surface area contributed by atoms with Crippen molar-refractivity contribution in [2.45, 2.75) is 6.92 Å². The van der Waals surface area contributed by atoms with Crippen molar-refractivity contribution in [2.75, 3.05) is 0 Å². The van der Waals surface area contributed by atoms with Crippen LogP contribution in [0.4, 0.5) is 0 Å². The largest absolute Gasteiger partial charge is 0.241 e. The first-order valence-corrected chi connectivity index (χ1v) is 7.02. The number of allylic oxidation sites excluding steroid dienone is 1. The molecule has 0 aromatic carbocycles. The number of nitriles is 1. The van der Waals surface area contributed by atoms with Gasteiger partial charge >= 0.3 is 0 Å². The second-order valence-electron chi connectivity index (χ2n) is 3.13. The van der Waals surface area contributed by atoms with Gasteiger partial charge in [0, 0.05) is 25.8 Å². The summed E-state index contributed by atoms with van der Waals surface area (Å²) in [5.74, 6) is 0. The minimum Gasteiger partial charge on any atom is -0.241 e. The number of aryl methyl sites for hydroxylation is 1. The van der Waals surface area contributed by atoms with Gasteiger partial charge in [-0.15, -0.1) is 22.7 Å². The molecule has 0 atom stereocenters. The average Bonchev–Trinajstić information content (AvgIpc) is 2.84. The standard InChI is InChI=1S/C11H7BrN2S2/c1-7-5-16-11(14-7)8(4-13)2-10-3-9(12)6-15-10/h2-3,5-6H,1H3. The lowest BCUT2D eigenvalue weighted by molar-refractivity contribution is 1.25. The molecule has 0 aliphatic heterocycles. The van der Waals surface area contributed by atoms with Crippen molar-refractivity contribution in [3.8, 4) is 6.07 Å². The Morgan fingerprint density at radius 3 is 2.81 bits per heavy atom. The summed E-state index contributed by atoms with van der Waals surface area (Å²) in [5.41, 5.74) is 1.57. The van der Waals surface area contributed by atoms with Gasteiger partial charge in [0.1, 0.15) is 11.1 Å². The number of halogens is 1. The number of thiophene rings is 1. The lowest BCUT2D eigenvalue weighted by atomic mass is 10.2. The maximum absolute atomic E-state index is 9.10. The van der Waals surface area contributed by atoms with Crippen LogP contribution in [-0.4, -0.2) is 4.98 Å². The molecule has 5 heteroatoms. The molecule has 2 aromatic rings. The minimum atomic E-state index is 0.618. The summed E-state index contributed by atoms with van der Waals surface area (Å²) in [5, 5.41) is 13.8. The normalized spacial score (nSPS) is 11.4. The lowest BCUT2D eigenvalue weighted by Crippen LogP contribution is -1.79. The van der Waals surface area contributed by atoms with E-state index in [1.54, 1.807) is 11.3 Å². The molecule has 0 unspecified atom stereocenters. The SMILES string of the molecule is Cc1csc(C(C#N)=Cc2cc(Br)cs2)n1. The van der Waals surface area contributed by atoms with E-state index < -0.39 is 0 Å². The van der Waals surface area contributed by atoms with Crippen molar-refractivity contribution in [3.63, 3.8) is 0 Å². The Balaban J connectivity index is 2.37. The third kappa shape index (κ3) is 2.59. The fourth-order valence-electron chi connectivity index (χ4n) is 1.17. The molecular formula is C11H7BrN2S2. The smallest absolute Gasteiger partial charge is 0.134 e. The molecular weight excluding hydrogens is 304 g/mol. The highest BCUT2D eigenvalue weighted by Gasteiger charge is 2.06. The van der Waals surface area contributed by atoms with Crippen molar-refractivity contribution in [1.29, 1.82) is 5.26 Å². The van der Waals surface area contributed by atoms with Crippen LogP contribution in [0.2, 0.25) is 0 Å². The molecule has 0 saturated carbocycles. The van der Waals surface area contributed by atoms with Gasteiger partial charge in [-0.05, 0) is 35.0 Å². The predicted molar refractivity (Wildman–Crippen MR) is 72.4 cm³/mol. The quantitative estimate of drug-likeness (QED) is 0.774. The highest BCUT2D eigenvalue weighted by Crippen LogP contribution is 2.26. The zero-order valence-electron chi connectivity index (χ0n) is 8.40. The van der Waals surface area contributed by atoms with Crippen molar-refractivity contribution in [1.82, 2.24) is 4.98 Å². The molecule has 0 fully saturated rings. The van der Waals surface area contributed by atoms with Crippen LogP contribution in [0, 0.1) is 18.3 Å². The van der Waals surface area contributed by atoms with Crippen LogP contribution >= 0.6 is 38.6 Å². The fourth-order valence-corrected chi connectivity index (χ4v) is 3.30. The third-order valence-electron chi connectivity index (χ3n) is 1.84. The maximum atomic E-state index is 9.10. The van der Waals surface area contributed by atoms with Crippen LogP contribution in [-0.2, 0) is 0 Å². The Hall–Kier alpha value is -0.960. The first-order valence-electron chi connectivity index (χ1n) is 4.47. The Morgan fingerprint density at radius 2 is 2.31 bits per heavy atom. The highest BCUT2D eigenvalue weighted by molar-refractivity contribution is 9.10. The molecule has 2 nitrogen and oxygen atoms in total. The van der Waals surface area contributed by atoms with Crippen molar-refractivity contribution >= 4 is 50.3 Å². The molecule has 0 aliphatic carbocycles. The molecule has 0 amide bonds. The summed E-state index contributed by atoms with van der Waals surface area (Å²) in [6, 6.07) is 4.18. The number of nitrogens with zero attached hydrogens (tertiary/aromatic N) is 2. The average molecular weight is 311 g/mol. The van der Waals surface area contributed by atoms with Gasteiger partial charge in [-0.2, -0.15) is 5.26 Å². The third-order valence-corrected chi connectivity index (χ3v) is 4.48. The van der Waals surface area contributed by atoms with Crippen molar-refractivity contribution in [2.24, 2.45) is 0 Å². The molecule has 0 N–H and O–H groups in total. The van der Waals surface area contributed by atoms with Crippen LogP contribution in [0.3, 0.4) is 0 Å². The van der Waals surface area contributed by atoms with Gasteiger partial charge < -0.3 is 0 Å². The van der Waals surface area contributed by atoms with Crippen LogP contribution in [0.15, 0.2) is 21.3 Å². The van der Waals surface area contributed by atoms with Gasteiger partial charge in [0.2, 0.25) is 0 Å². The van der Waals surface area contributed by atoms with Crippen molar-refractivity contribution in [3.05, 3.63) is 36.9 Å². The molecule has 2 rings (SSSR count). The van der Waals surface area contributed by atoms with Crippen molar-refractivity contribution < 1.29 is 0 Å². The van der Waals surface area contributed by atoms with Gasteiger partial charge in [-0.3, -0.25) is 0 Å². The molecule has 2 heterocycles. The first-order chi connectivity index (χ1) is 7.69. The van der Waals surface area contributed by atoms with Gasteiger partial charge in [0.05, 0.1) is 5.57 Å². The first kappa shape index (κ1) is 11.5. The number of thiazole rings is 1. The van der Waals surface area contributed by atoms with Gasteiger partial charge in [-0.1, -0.05) is 0 Å². The number of aromatic nitrogens is 1. The molecule has 16 heavy (non-hydrogen) atoms. The van der Waals surface area contributed by atoms with Crippen LogP contribution < -0.4 is 0 Å². The summed E-state index contributed by atoms with van der Waals surface area (Å²) in [6.07, 6.45) is 1.87. The monoisotopic (exact) mass is 310 g/mol.